The van der Waals surface area contributed by atoms with Crippen molar-refractivity contribution in [2.75, 3.05) is 17.6 Å². The highest BCUT2D eigenvalue weighted by molar-refractivity contribution is 9.11. The number of anilines is 2. The van der Waals surface area contributed by atoms with Crippen molar-refractivity contribution in [3.63, 3.8) is 0 Å². The summed E-state index contributed by atoms with van der Waals surface area (Å²) in [6.45, 7) is 4.25. The third kappa shape index (κ3) is 3.08. The number of benzene rings is 1. The van der Waals surface area contributed by atoms with Gasteiger partial charge >= 0.3 is 0 Å². The summed E-state index contributed by atoms with van der Waals surface area (Å²) in [5.74, 6) is 0. The molecular formula is C9H9BrCl2N2. The van der Waals surface area contributed by atoms with E-state index in [0.717, 1.165) is 4.48 Å². The van der Waals surface area contributed by atoms with Crippen LogP contribution in [0, 0.1) is 0 Å². The van der Waals surface area contributed by atoms with Crippen molar-refractivity contribution in [3.8, 4) is 0 Å². The molecule has 76 valence electrons. The van der Waals surface area contributed by atoms with Crippen molar-refractivity contribution < 1.29 is 0 Å². The average Bonchev–Trinajstić information content (AvgIpc) is 2.01. The van der Waals surface area contributed by atoms with Crippen LogP contribution in [0.3, 0.4) is 0 Å². The zero-order chi connectivity index (χ0) is 10.7. The first-order chi connectivity index (χ1) is 6.50. The lowest BCUT2D eigenvalue weighted by molar-refractivity contribution is 1.33. The first kappa shape index (κ1) is 11.7. The third-order valence-electron chi connectivity index (χ3n) is 1.52. The number of nitrogen functional groups attached to an aromatic ring is 1. The zero-order valence-corrected chi connectivity index (χ0v) is 10.4. The van der Waals surface area contributed by atoms with Gasteiger partial charge in [0.2, 0.25) is 0 Å². The molecule has 0 spiro atoms. The summed E-state index contributed by atoms with van der Waals surface area (Å²) in [7, 11) is 0. The lowest BCUT2D eigenvalue weighted by atomic mass is 10.3. The fourth-order valence-corrected chi connectivity index (χ4v) is 1.72. The Morgan fingerprint density at radius 2 is 1.93 bits per heavy atom. The highest BCUT2D eigenvalue weighted by Gasteiger charge is 2.06. The Kier molecular flexibility index (Phi) is 4.11. The topological polar surface area (TPSA) is 38.0 Å². The van der Waals surface area contributed by atoms with Crippen LogP contribution in [0.15, 0.2) is 23.2 Å². The van der Waals surface area contributed by atoms with Crippen LogP contribution in [0.5, 0.6) is 0 Å². The molecule has 0 bridgehead atoms. The quantitative estimate of drug-likeness (QED) is 0.830. The van der Waals surface area contributed by atoms with Gasteiger partial charge < -0.3 is 11.1 Å². The monoisotopic (exact) mass is 294 g/mol. The van der Waals surface area contributed by atoms with Crippen LogP contribution in [-0.4, -0.2) is 6.54 Å². The molecule has 2 nitrogen and oxygen atoms in total. The lowest BCUT2D eigenvalue weighted by Crippen LogP contribution is -2.02. The molecule has 0 unspecified atom stereocenters. The Morgan fingerprint density at radius 1 is 1.43 bits per heavy atom. The predicted molar refractivity (Wildman–Crippen MR) is 67.4 cm³/mol. The molecule has 3 N–H and O–H groups in total. The second-order valence-corrected chi connectivity index (χ2v) is 4.67. The molecule has 0 saturated heterocycles. The van der Waals surface area contributed by atoms with Gasteiger partial charge in [-0.3, -0.25) is 0 Å². The fourth-order valence-electron chi connectivity index (χ4n) is 0.946. The van der Waals surface area contributed by atoms with E-state index in [1.807, 2.05) is 0 Å². The lowest BCUT2D eigenvalue weighted by Gasteiger charge is -2.10. The van der Waals surface area contributed by atoms with Crippen molar-refractivity contribution in [2.24, 2.45) is 0 Å². The highest BCUT2D eigenvalue weighted by atomic mass is 79.9. The van der Waals surface area contributed by atoms with Gasteiger partial charge in [0.25, 0.3) is 0 Å². The van der Waals surface area contributed by atoms with Crippen LogP contribution in [0.4, 0.5) is 11.4 Å². The highest BCUT2D eigenvalue weighted by Crippen LogP contribution is 2.32. The van der Waals surface area contributed by atoms with E-state index >= 15 is 0 Å². The van der Waals surface area contributed by atoms with Gasteiger partial charge in [0.05, 0.1) is 15.7 Å². The Bertz CT molecular complexity index is 343. The third-order valence-corrected chi connectivity index (χ3v) is 2.40. The van der Waals surface area contributed by atoms with Crippen molar-refractivity contribution in [3.05, 3.63) is 33.2 Å². The molecule has 1 rings (SSSR count). The maximum absolute atomic E-state index is 5.95. The molecule has 0 fully saturated rings. The maximum Gasteiger partial charge on any atom is 0.0723 e. The van der Waals surface area contributed by atoms with Gasteiger partial charge in [-0.2, -0.15) is 0 Å². The Morgan fingerprint density at radius 3 is 2.36 bits per heavy atom. The molecule has 0 aliphatic carbocycles. The molecule has 0 atom stereocenters. The molecule has 0 saturated carbocycles. The minimum absolute atomic E-state index is 0.503. The molecule has 0 heterocycles. The minimum Gasteiger partial charge on any atom is -0.399 e. The number of halogens is 3. The molecule has 14 heavy (non-hydrogen) atoms. The van der Waals surface area contributed by atoms with Crippen molar-refractivity contribution in [1.29, 1.82) is 0 Å². The van der Waals surface area contributed by atoms with Crippen LogP contribution in [-0.2, 0) is 0 Å². The van der Waals surface area contributed by atoms with Gasteiger partial charge in [-0.15, -0.1) is 0 Å². The number of rotatable bonds is 3. The normalized spacial score (nSPS) is 9.93. The van der Waals surface area contributed by atoms with E-state index in [1.54, 1.807) is 12.1 Å². The van der Waals surface area contributed by atoms with Crippen molar-refractivity contribution in [2.45, 2.75) is 0 Å². The van der Waals surface area contributed by atoms with E-state index in [4.69, 9.17) is 28.9 Å². The summed E-state index contributed by atoms with van der Waals surface area (Å²) in [4.78, 5) is 0. The summed E-state index contributed by atoms with van der Waals surface area (Å²) in [5, 5.41) is 4.05. The van der Waals surface area contributed by atoms with Crippen LogP contribution < -0.4 is 11.1 Å². The van der Waals surface area contributed by atoms with Crippen LogP contribution in [0.1, 0.15) is 0 Å². The van der Waals surface area contributed by atoms with E-state index in [1.165, 1.54) is 0 Å². The summed E-state index contributed by atoms with van der Waals surface area (Å²) < 4.78 is 0.821. The molecule has 5 heteroatoms. The second kappa shape index (κ2) is 4.91. The second-order valence-electron chi connectivity index (χ2n) is 2.73. The smallest absolute Gasteiger partial charge is 0.0723 e. The molecule has 0 aromatic heterocycles. The Hall–Kier alpha value is -0.380. The standard InChI is InChI=1S/C9H9BrCl2N2/c1-5(10)4-14-9-7(11)2-6(13)3-8(9)12/h2-3,14H,1,4,13H2. The molecule has 0 amide bonds. The maximum atomic E-state index is 5.95. The molecule has 0 aliphatic rings. The summed E-state index contributed by atoms with van der Waals surface area (Å²) in [6.07, 6.45) is 0. The van der Waals surface area contributed by atoms with Crippen molar-refractivity contribution in [1.82, 2.24) is 0 Å². The predicted octanol–water partition coefficient (Wildman–Crippen LogP) is 3.90. The van der Waals surface area contributed by atoms with Crippen LogP contribution >= 0.6 is 39.1 Å². The van der Waals surface area contributed by atoms with E-state index in [-0.39, 0.29) is 0 Å². The van der Waals surface area contributed by atoms with Gasteiger partial charge in [0.1, 0.15) is 0 Å². The van der Waals surface area contributed by atoms with Crippen LogP contribution in [0.25, 0.3) is 0 Å². The molecular weight excluding hydrogens is 287 g/mol. The summed E-state index contributed by atoms with van der Waals surface area (Å²) in [6, 6.07) is 3.29. The molecule has 1 aromatic rings. The van der Waals surface area contributed by atoms with Gasteiger partial charge in [-0.25, -0.2) is 0 Å². The Balaban J connectivity index is 2.91. The van der Waals surface area contributed by atoms with E-state index in [2.05, 4.69) is 27.8 Å². The SMILES string of the molecule is C=C(Br)CNc1c(Cl)cc(N)cc1Cl. The van der Waals surface area contributed by atoms with Crippen molar-refractivity contribution >= 4 is 50.5 Å². The summed E-state index contributed by atoms with van der Waals surface area (Å²) >= 11 is 15.1. The van der Waals surface area contributed by atoms with E-state index in [0.29, 0.717) is 28.0 Å². The average molecular weight is 296 g/mol. The summed E-state index contributed by atoms with van der Waals surface area (Å²) in [5.41, 5.74) is 6.78. The van der Waals surface area contributed by atoms with E-state index < -0.39 is 0 Å². The number of hydrogen-bond donors (Lipinski definition) is 2. The van der Waals surface area contributed by atoms with E-state index in [9.17, 15) is 0 Å². The van der Waals surface area contributed by atoms with Gasteiger partial charge in [0.15, 0.2) is 0 Å². The van der Waals surface area contributed by atoms with Gasteiger partial charge in [-0.05, 0) is 12.1 Å². The first-order valence-corrected chi connectivity index (χ1v) is 5.37. The van der Waals surface area contributed by atoms with Gasteiger partial charge in [0, 0.05) is 16.7 Å². The molecule has 1 aromatic carbocycles. The van der Waals surface area contributed by atoms with Gasteiger partial charge in [-0.1, -0.05) is 45.7 Å². The molecule has 0 radical (unpaired) electrons. The number of hydrogen-bond acceptors (Lipinski definition) is 2. The number of nitrogens with two attached hydrogens (primary N) is 1. The van der Waals surface area contributed by atoms with Crippen LogP contribution in [0.2, 0.25) is 10.0 Å². The number of nitrogens with one attached hydrogen (secondary N) is 1. The zero-order valence-electron chi connectivity index (χ0n) is 7.28. The molecule has 0 aliphatic heterocycles. The first-order valence-electron chi connectivity index (χ1n) is 3.82. The fraction of sp³-hybridized carbons (Fsp3) is 0.111. The Labute approximate surface area is 101 Å². The largest absolute Gasteiger partial charge is 0.399 e. The minimum atomic E-state index is 0.503.